The summed E-state index contributed by atoms with van der Waals surface area (Å²) in [6.45, 7) is 0.440. The van der Waals surface area contributed by atoms with Crippen LogP contribution in [0.5, 0.6) is 11.6 Å². The molecule has 30 heavy (non-hydrogen) atoms. The number of benzene rings is 1. The molecule has 156 valence electrons. The van der Waals surface area contributed by atoms with Crippen molar-refractivity contribution in [2.75, 3.05) is 13.7 Å². The van der Waals surface area contributed by atoms with Crippen LogP contribution in [0.25, 0.3) is 5.69 Å². The topological polar surface area (TPSA) is 91.2 Å². The second-order valence-electron chi connectivity index (χ2n) is 7.08. The Balaban J connectivity index is 1.46. The van der Waals surface area contributed by atoms with E-state index in [1.54, 1.807) is 24.3 Å². The molecule has 1 aliphatic rings. The van der Waals surface area contributed by atoms with Crippen LogP contribution in [0.1, 0.15) is 29.8 Å². The van der Waals surface area contributed by atoms with Crippen LogP contribution >= 0.6 is 0 Å². The first-order valence-electron chi connectivity index (χ1n) is 9.75. The normalized spacial score (nSPS) is 18.2. The van der Waals surface area contributed by atoms with E-state index in [0.717, 1.165) is 19.3 Å². The number of nitrogens with zero attached hydrogens (tertiary/aromatic N) is 4. The van der Waals surface area contributed by atoms with Crippen molar-refractivity contribution in [3.05, 3.63) is 60.3 Å². The fourth-order valence-electron chi connectivity index (χ4n) is 3.61. The van der Waals surface area contributed by atoms with E-state index in [4.69, 9.17) is 9.47 Å². The molecule has 2 heterocycles. The van der Waals surface area contributed by atoms with Crippen LogP contribution in [-0.2, 0) is 0 Å². The fraction of sp³-hybridized carbons (Fsp3) is 0.333. The molecule has 0 spiro atoms. The van der Waals surface area contributed by atoms with Crippen LogP contribution in [0, 0.1) is 11.7 Å². The fourth-order valence-corrected chi connectivity index (χ4v) is 3.61. The number of hydrogen-bond acceptors (Lipinski definition) is 6. The third-order valence-corrected chi connectivity index (χ3v) is 5.16. The Labute approximate surface area is 173 Å². The Hall–Kier alpha value is -3.49. The summed E-state index contributed by atoms with van der Waals surface area (Å²) in [6.07, 6.45) is 5.84. The first-order valence-corrected chi connectivity index (χ1v) is 9.75. The standard InChI is InChI=1S/C21H22FN5O3/c1-29-19-10-9-18(27-23-11-12-24-27)20(26-19)21(28)25-17-4-2-3-14(17)13-30-16-7-5-15(22)6-8-16/h5-12,14,17H,2-4,13H2,1H3,(H,25,28)/t14-,17+/m1/s1. The van der Waals surface area contributed by atoms with Gasteiger partial charge in [0.05, 0.1) is 26.1 Å². The van der Waals surface area contributed by atoms with Crippen LogP contribution in [0.4, 0.5) is 4.39 Å². The maximum absolute atomic E-state index is 13.1. The van der Waals surface area contributed by atoms with Gasteiger partial charge in [-0.2, -0.15) is 10.2 Å². The van der Waals surface area contributed by atoms with Crippen LogP contribution in [0.3, 0.4) is 0 Å². The smallest absolute Gasteiger partial charge is 0.272 e. The molecule has 1 amide bonds. The van der Waals surface area contributed by atoms with Crippen molar-refractivity contribution >= 4 is 5.91 Å². The molecule has 0 saturated heterocycles. The van der Waals surface area contributed by atoms with Gasteiger partial charge in [-0.25, -0.2) is 9.37 Å². The van der Waals surface area contributed by atoms with E-state index in [9.17, 15) is 9.18 Å². The average Bonchev–Trinajstić information content (AvgIpc) is 3.45. The third kappa shape index (κ3) is 4.40. The van der Waals surface area contributed by atoms with Gasteiger partial charge in [0.15, 0.2) is 5.69 Å². The summed E-state index contributed by atoms with van der Waals surface area (Å²) in [7, 11) is 1.50. The monoisotopic (exact) mass is 411 g/mol. The van der Waals surface area contributed by atoms with Gasteiger partial charge in [0.2, 0.25) is 5.88 Å². The van der Waals surface area contributed by atoms with Crippen molar-refractivity contribution in [2.45, 2.75) is 25.3 Å². The average molecular weight is 411 g/mol. The predicted molar refractivity (Wildman–Crippen MR) is 106 cm³/mol. The molecule has 0 unspecified atom stereocenters. The van der Waals surface area contributed by atoms with Gasteiger partial charge in [-0.15, -0.1) is 4.80 Å². The number of aromatic nitrogens is 4. The number of hydrogen-bond donors (Lipinski definition) is 1. The first kappa shape index (κ1) is 19.8. The molecule has 2 atom stereocenters. The van der Waals surface area contributed by atoms with Gasteiger partial charge < -0.3 is 14.8 Å². The van der Waals surface area contributed by atoms with Crippen molar-refractivity contribution in [3.8, 4) is 17.3 Å². The summed E-state index contributed by atoms with van der Waals surface area (Å²) in [5.74, 6) is 0.464. The molecule has 1 saturated carbocycles. The van der Waals surface area contributed by atoms with Gasteiger partial charge >= 0.3 is 0 Å². The lowest BCUT2D eigenvalue weighted by Crippen LogP contribution is -2.40. The second kappa shape index (κ2) is 8.89. The van der Waals surface area contributed by atoms with E-state index >= 15 is 0 Å². The van der Waals surface area contributed by atoms with Gasteiger partial charge in [-0.3, -0.25) is 4.79 Å². The minimum Gasteiger partial charge on any atom is -0.493 e. The van der Waals surface area contributed by atoms with Crippen LogP contribution in [0.15, 0.2) is 48.8 Å². The van der Waals surface area contributed by atoms with Crippen LogP contribution in [0.2, 0.25) is 0 Å². The van der Waals surface area contributed by atoms with E-state index < -0.39 is 0 Å². The molecule has 9 heteroatoms. The SMILES string of the molecule is COc1ccc(-n2nccn2)c(C(=O)N[C@H]2CCC[C@@H]2COc2ccc(F)cc2)n1. The highest BCUT2D eigenvalue weighted by Crippen LogP contribution is 2.27. The van der Waals surface area contributed by atoms with Gasteiger partial charge in [0, 0.05) is 18.0 Å². The zero-order valence-electron chi connectivity index (χ0n) is 16.5. The Morgan fingerprint density at radius 3 is 2.67 bits per heavy atom. The van der Waals surface area contributed by atoms with E-state index in [1.165, 1.54) is 36.4 Å². The summed E-state index contributed by atoms with van der Waals surface area (Å²) in [5.41, 5.74) is 0.658. The van der Waals surface area contributed by atoms with Crippen LogP contribution in [-0.4, -0.2) is 45.6 Å². The number of amides is 1. The number of nitrogens with one attached hydrogen (secondary N) is 1. The van der Waals surface area contributed by atoms with E-state index in [-0.39, 0.29) is 29.4 Å². The molecule has 1 N–H and O–H groups in total. The maximum atomic E-state index is 13.1. The number of carbonyl (C=O) groups is 1. The molecule has 0 bridgehead atoms. The largest absolute Gasteiger partial charge is 0.493 e. The Morgan fingerprint density at radius 1 is 1.17 bits per heavy atom. The third-order valence-electron chi connectivity index (χ3n) is 5.16. The molecule has 0 aliphatic heterocycles. The lowest BCUT2D eigenvalue weighted by atomic mass is 10.0. The molecule has 1 aromatic carbocycles. The quantitative estimate of drug-likeness (QED) is 0.643. The second-order valence-corrected chi connectivity index (χ2v) is 7.08. The summed E-state index contributed by atoms with van der Waals surface area (Å²) < 4.78 is 24.0. The van der Waals surface area contributed by atoms with Gasteiger partial charge in [0.1, 0.15) is 17.3 Å². The molecule has 3 aromatic rings. The van der Waals surface area contributed by atoms with E-state index in [0.29, 0.717) is 23.9 Å². The number of carbonyl (C=O) groups excluding carboxylic acids is 1. The van der Waals surface area contributed by atoms with Crippen molar-refractivity contribution in [3.63, 3.8) is 0 Å². The summed E-state index contributed by atoms with van der Waals surface area (Å²) in [6, 6.07) is 9.23. The Bertz CT molecular complexity index is 994. The predicted octanol–water partition coefficient (Wildman–Crippen LogP) is 2.79. The molecule has 4 rings (SSSR count). The maximum Gasteiger partial charge on any atom is 0.272 e. The number of methoxy groups -OCH3 is 1. The number of pyridine rings is 1. The molecule has 0 radical (unpaired) electrons. The highest BCUT2D eigenvalue weighted by Gasteiger charge is 2.31. The molecule has 1 aliphatic carbocycles. The van der Waals surface area contributed by atoms with Gasteiger partial charge in [0.25, 0.3) is 5.91 Å². The lowest BCUT2D eigenvalue weighted by Gasteiger charge is -2.21. The summed E-state index contributed by atoms with van der Waals surface area (Å²) in [5, 5.41) is 11.3. The lowest BCUT2D eigenvalue weighted by molar-refractivity contribution is 0.0912. The molecule has 8 nitrogen and oxygen atoms in total. The Kier molecular flexibility index (Phi) is 5.87. The first-order chi connectivity index (χ1) is 14.6. The highest BCUT2D eigenvalue weighted by molar-refractivity contribution is 5.96. The van der Waals surface area contributed by atoms with Crippen LogP contribution < -0.4 is 14.8 Å². The van der Waals surface area contributed by atoms with E-state index in [1.807, 2.05) is 0 Å². The van der Waals surface area contributed by atoms with Crippen molar-refractivity contribution in [1.29, 1.82) is 0 Å². The van der Waals surface area contributed by atoms with E-state index in [2.05, 4.69) is 20.5 Å². The van der Waals surface area contributed by atoms with Gasteiger partial charge in [-0.05, 0) is 43.2 Å². The minimum absolute atomic E-state index is 0.0515. The minimum atomic E-state index is -0.320. The van der Waals surface area contributed by atoms with Crippen molar-refractivity contribution < 1.29 is 18.7 Å². The van der Waals surface area contributed by atoms with Crippen molar-refractivity contribution in [2.24, 2.45) is 5.92 Å². The Morgan fingerprint density at radius 2 is 1.93 bits per heavy atom. The molecule has 2 aromatic heterocycles. The number of ether oxygens (including phenoxy) is 2. The summed E-state index contributed by atoms with van der Waals surface area (Å²) >= 11 is 0. The van der Waals surface area contributed by atoms with Gasteiger partial charge in [-0.1, -0.05) is 6.42 Å². The molecule has 1 fully saturated rings. The molecular weight excluding hydrogens is 389 g/mol. The summed E-state index contributed by atoms with van der Waals surface area (Å²) in [4.78, 5) is 18.7. The highest BCUT2D eigenvalue weighted by atomic mass is 19.1. The zero-order chi connectivity index (χ0) is 20.9. The zero-order valence-corrected chi connectivity index (χ0v) is 16.5. The molecular formula is C21H22FN5O3. The number of rotatable bonds is 7. The van der Waals surface area contributed by atoms with Crippen molar-refractivity contribution in [1.82, 2.24) is 25.3 Å². The number of halogens is 1.